The molecule has 0 aliphatic carbocycles. The Morgan fingerprint density at radius 1 is 1.42 bits per heavy atom. The first kappa shape index (κ1) is 15.2. The average molecular weight is 262 g/mol. The van der Waals surface area contributed by atoms with Crippen molar-refractivity contribution in [3.8, 4) is 6.07 Å². The number of hydrogen-bond donors (Lipinski definition) is 1. The standard InChI is InChI=1S/C15H19FN2O/c1-3-11(2)18-15(19)9-6-13(10-17)12-4-7-14(16)8-5-12/h4-5,7-8,11,13H,3,6,9H2,1-2H3,(H,18,19). The van der Waals surface area contributed by atoms with Gasteiger partial charge >= 0.3 is 0 Å². The van der Waals surface area contributed by atoms with Crippen molar-refractivity contribution in [3.63, 3.8) is 0 Å². The van der Waals surface area contributed by atoms with E-state index in [1.165, 1.54) is 12.1 Å². The molecule has 0 heterocycles. The van der Waals surface area contributed by atoms with Crippen LogP contribution in [0.3, 0.4) is 0 Å². The van der Waals surface area contributed by atoms with Gasteiger partial charge in [0.25, 0.3) is 0 Å². The number of benzene rings is 1. The Labute approximate surface area is 113 Å². The van der Waals surface area contributed by atoms with Gasteiger partial charge in [-0.2, -0.15) is 5.26 Å². The SMILES string of the molecule is CCC(C)NC(=O)CCC(C#N)c1ccc(F)cc1. The van der Waals surface area contributed by atoms with Crippen LogP contribution in [0.1, 0.15) is 44.6 Å². The summed E-state index contributed by atoms with van der Waals surface area (Å²) in [5, 5.41) is 12.0. The minimum atomic E-state index is -0.372. The van der Waals surface area contributed by atoms with Crippen LogP contribution in [0.25, 0.3) is 0 Å². The topological polar surface area (TPSA) is 52.9 Å². The highest BCUT2D eigenvalue weighted by Crippen LogP contribution is 2.20. The summed E-state index contributed by atoms with van der Waals surface area (Å²) in [5.41, 5.74) is 0.750. The molecule has 1 rings (SSSR count). The van der Waals surface area contributed by atoms with Crippen molar-refractivity contribution in [1.82, 2.24) is 5.32 Å². The fourth-order valence-electron chi connectivity index (χ4n) is 1.73. The molecule has 19 heavy (non-hydrogen) atoms. The van der Waals surface area contributed by atoms with E-state index in [0.717, 1.165) is 12.0 Å². The van der Waals surface area contributed by atoms with Crippen LogP contribution in [0.2, 0.25) is 0 Å². The van der Waals surface area contributed by atoms with Gasteiger partial charge in [-0.25, -0.2) is 4.39 Å². The van der Waals surface area contributed by atoms with Crippen LogP contribution in [0.15, 0.2) is 24.3 Å². The molecule has 0 aliphatic rings. The lowest BCUT2D eigenvalue weighted by molar-refractivity contribution is -0.121. The van der Waals surface area contributed by atoms with Crippen LogP contribution in [-0.4, -0.2) is 11.9 Å². The molecular formula is C15H19FN2O. The molecule has 1 amide bonds. The third-order valence-electron chi connectivity index (χ3n) is 3.11. The normalized spacial score (nSPS) is 13.4. The van der Waals surface area contributed by atoms with Gasteiger partial charge in [0.2, 0.25) is 5.91 Å². The number of halogens is 1. The van der Waals surface area contributed by atoms with Crippen molar-refractivity contribution >= 4 is 5.91 Å². The Bertz CT molecular complexity index is 450. The summed E-state index contributed by atoms with van der Waals surface area (Å²) in [6.45, 7) is 3.95. The van der Waals surface area contributed by atoms with Crippen LogP contribution in [0.5, 0.6) is 0 Å². The summed E-state index contributed by atoms with van der Waals surface area (Å²) in [6.07, 6.45) is 1.63. The second-order valence-electron chi connectivity index (χ2n) is 4.65. The van der Waals surface area contributed by atoms with Crippen LogP contribution in [-0.2, 0) is 4.79 Å². The highest BCUT2D eigenvalue weighted by atomic mass is 19.1. The smallest absolute Gasteiger partial charge is 0.220 e. The van der Waals surface area contributed by atoms with Gasteiger partial charge in [0, 0.05) is 12.5 Å². The number of hydrogen-bond acceptors (Lipinski definition) is 2. The first-order valence-corrected chi connectivity index (χ1v) is 6.51. The van der Waals surface area contributed by atoms with Gasteiger partial charge in [0.05, 0.1) is 12.0 Å². The molecule has 2 unspecified atom stereocenters. The molecule has 1 N–H and O–H groups in total. The van der Waals surface area contributed by atoms with Crippen LogP contribution in [0.4, 0.5) is 4.39 Å². The zero-order valence-electron chi connectivity index (χ0n) is 11.3. The Balaban J connectivity index is 2.52. The van der Waals surface area contributed by atoms with Crippen LogP contribution in [0, 0.1) is 17.1 Å². The molecular weight excluding hydrogens is 243 g/mol. The second-order valence-corrected chi connectivity index (χ2v) is 4.65. The fourth-order valence-corrected chi connectivity index (χ4v) is 1.73. The third-order valence-corrected chi connectivity index (χ3v) is 3.11. The van der Waals surface area contributed by atoms with Crippen molar-refractivity contribution in [1.29, 1.82) is 5.26 Å². The van der Waals surface area contributed by atoms with Crippen LogP contribution < -0.4 is 5.32 Å². The van der Waals surface area contributed by atoms with Crippen molar-refractivity contribution in [2.24, 2.45) is 0 Å². The van der Waals surface area contributed by atoms with Gasteiger partial charge in [-0.05, 0) is 37.5 Å². The summed E-state index contributed by atoms with van der Waals surface area (Å²) >= 11 is 0. The van der Waals surface area contributed by atoms with Gasteiger partial charge in [-0.1, -0.05) is 19.1 Å². The third kappa shape index (κ3) is 5.09. The average Bonchev–Trinajstić information content (AvgIpc) is 2.41. The van der Waals surface area contributed by atoms with Crippen molar-refractivity contribution < 1.29 is 9.18 Å². The summed E-state index contributed by atoms with van der Waals surface area (Å²) in [6, 6.07) is 8.16. The summed E-state index contributed by atoms with van der Waals surface area (Å²) in [5.74, 6) is -0.741. The van der Waals surface area contributed by atoms with E-state index in [0.29, 0.717) is 12.8 Å². The largest absolute Gasteiger partial charge is 0.354 e. The molecule has 3 nitrogen and oxygen atoms in total. The summed E-state index contributed by atoms with van der Waals surface area (Å²) in [7, 11) is 0. The number of nitrogens with one attached hydrogen (secondary N) is 1. The van der Waals surface area contributed by atoms with Gasteiger partial charge in [0.15, 0.2) is 0 Å². The number of amides is 1. The van der Waals surface area contributed by atoms with E-state index in [1.54, 1.807) is 12.1 Å². The zero-order chi connectivity index (χ0) is 14.3. The number of nitrogens with zero attached hydrogens (tertiary/aromatic N) is 1. The van der Waals surface area contributed by atoms with Gasteiger partial charge in [-0.15, -0.1) is 0 Å². The van der Waals surface area contributed by atoms with E-state index in [-0.39, 0.29) is 23.7 Å². The Morgan fingerprint density at radius 3 is 2.58 bits per heavy atom. The van der Waals surface area contributed by atoms with E-state index in [9.17, 15) is 9.18 Å². The van der Waals surface area contributed by atoms with Crippen molar-refractivity contribution in [3.05, 3.63) is 35.6 Å². The predicted octanol–water partition coefficient (Wildman–Crippen LogP) is 3.13. The molecule has 2 atom stereocenters. The molecule has 0 spiro atoms. The highest BCUT2D eigenvalue weighted by Gasteiger charge is 2.13. The quantitative estimate of drug-likeness (QED) is 0.856. The Morgan fingerprint density at radius 2 is 2.05 bits per heavy atom. The number of carbonyl (C=O) groups is 1. The molecule has 1 aromatic carbocycles. The lowest BCUT2D eigenvalue weighted by Gasteiger charge is -2.13. The maximum atomic E-state index is 12.8. The molecule has 0 fully saturated rings. The highest BCUT2D eigenvalue weighted by molar-refractivity contribution is 5.76. The zero-order valence-corrected chi connectivity index (χ0v) is 11.3. The molecule has 0 aromatic heterocycles. The van der Waals surface area contributed by atoms with Gasteiger partial charge in [0.1, 0.15) is 5.82 Å². The van der Waals surface area contributed by atoms with Crippen molar-refractivity contribution in [2.75, 3.05) is 0 Å². The van der Waals surface area contributed by atoms with E-state index in [2.05, 4.69) is 11.4 Å². The molecule has 0 bridgehead atoms. The van der Waals surface area contributed by atoms with Crippen molar-refractivity contribution in [2.45, 2.75) is 45.1 Å². The molecule has 0 aliphatic heterocycles. The number of carbonyl (C=O) groups excluding carboxylic acids is 1. The first-order chi connectivity index (χ1) is 9.06. The van der Waals surface area contributed by atoms with E-state index in [4.69, 9.17) is 5.26 Å². The maximum absolute atomic E-state index is 12.8. The lowest BCUT2D eigenvalue weighted by atomic mass is 9.95. The van der Waals surface area contributed by atoms with Gasteiger partial charge < -0.3 is 5.32 Å². The molecule has 4 heteroatoms. The minimum Gasteiger partial charge on any atom is -0.354 e. The van der Waals surface area contributed by atoms with Gasteiger partial charge in [-0.3, -0.25) is 4.79 Å². The van der Waals surface area contributed by atoms with Crippen LogP contribution >= 0.6 is 0 Å². The number of rotatable bonds is 6. The fraction of sp³-hybridized carbons (Fsp3) is 0.467. The number of nitriles is 1. The molecule has 0 radical (unpaired) electrons. The molecule has 0 saturated heterocycles. The maximum Gasteiger partial charge on any atom is 0.220 e. The molecule has 1 aromatic rings. The minimum absolute atomic E-state index is 0.0447. The van der Waals surface area contributed by atoms with E-state index in [1.807, 2.05) is 13.8 Å². The second kappa shape index (κ2) is 7.52. The summed E-state index contributed by atoms with van der Waals surface area (Å²) < 4.78 is 12.8. The summed E-state index contributed by atoms with van der Waals surface area (Å²) in [4.78, 5) is 11.6. The monoisotopic (exact) mass is 262 g/mol. The first-order valence-electron chi connectivity index (χ1n) is 6.51. The lowest BCUT2D eigenvalue weighted by Crippen LogP contribution is -2.31. The molecule has 102 valence electrons. The Kier molecular flexibility index (Phi) is 6.01. The Hall–Kier alpha value is -1.89. The molecule has 0 saturated carbocycles. The predicted molar refractivity (Wildman–Crippen MR) is 71.9 cm³/mol. The van der Waals surface area contributed by atoms with E-state index >= 15 is 0 Å². The van der Waals surface area contributed by atoms with E-state index < -0.39 is 0 Å².